The number of hydrogen-bond donors (Lipinski definition) is 10. The van der Waals surface area contributed by atoms with E-state index in [0.29, 0.717) is 0 Å². The minimum atomic E-state index is -2.01. The van der Waals surface area contributed by atoms with Crippen molar-refractivity contribution >= 4 is 100 Å². The molecule has 1 unspecified atom stereocenters. The van der Waals surface area contributed by atoms with Crippen LogP contribution in [0.2, 0.25) is 0 Å². The number of hydrazine groups is 1. The first-order valence-electron chi connectivity index (χ1n) is 10.1. The van der Waals surface area contributed by atoms with Crippen molar-refractivity contribution in [2.24, 2.45) is 4.99 Å². The molecule has 0 aromatic heterocycles. The molecule has 0 aromatic rings. The highest BCUT2D eigenvalue weighted by Gasteiger charge is 2.23. The number of halogens is 1. The topological polar surface area (TPSA) is 133 Å². The number of aliphatic imine (C=N–C) groups is 1. The van der Waals surface area contributed by atoms with Gasteiger partial charge in [-0.2, -0.15) is 5.43 Å². The Labute approximate surface area is 223 Å². The average Bonchev–Trinajstić information content (AvgIpc) is 2.62. The molecule has 0 aliphatic rings. The van der Waals surface area contributed by atoms with Crippen molar-refractivity contribution in [1.82, 2.24) is 53.4 Å². The van der Waals surface area contributed by atoms with Crippen molar-refractivity contribution in [3.63, 3.8) is 0 Å². The number of alkyl halides is 1. The molecule has 24 radical (unpaired) electrons. The smallest absolute Gasteiger partial charge is 0.223 e. The summed E-state index contributed by atoms with van der Waals surface area (Å²) in [5.41, 5.74) is 4.61. The Bertz CT molecular complexity index is 533. The number of guanidine groups is 1. The van der Waals surface area contributed by atoms with Gasteiger partial charge in [-0.25, -0.2) is 9.71 Å². The van der Waals surface area contributed by atoms with Crippen LogP contribution in [0, 0.1) is 0 Å². The van der Waals surface area contributed by atoms with Gasteiger partial charge in [-0.3, -0.25) is 21.1 Å². The normalized spacial score (nSPS) is 13.9. The molecule has 0 bridgehead atoms. The fourth-order valence-electron chi connectivity index (χ4n) is 2.27. The van der Waals surface area contributed by atoms with Crippen molar-refractivity contribution in [2.45, 2.75) is 60.3 Å². The molecule has 0 saturated heterocycles. The van der Waals surface area contributed by atoms with Crippen LogP contribution in [0.3, 0.4) is 0 Å². The Hall–Kier alpha value is -0.341. The van der Waals surface area contributed by atoms with Crippen LogP contribution in [-0.4, -0.2) is 160 Å². The first kappa shape index (κ1) is 34.7. The van der Waals surface area contributed by atoms with Crippen molar-refractivity contribution in [1.29, 1.82) is 0 Å². The van der Waals surface area contributed by atoms with Gasteiger partial charge < -0.3 is 26.6 Å². The van der Waals surface area contributed by atoms with E-state index in [1.807, 2.05) is 0 Å². The highest BCUT2D eigenvalue weighted by molar-refractivity contribution is 6.38. The quantitative estimate of drug-likeness (QED) is 0.0243. The molecule has 35 heavy (non-hydrogen) atoms. The van der Waals surface area contributed by atoms with Crippen LogP contribution in [0.15, 0.2) is 4.99 Å². The predicted molar refractivity (Wildman–Crippen MR) is 147 cm³/mol. The van der Waals surface area contributed by atoms with Crippen LogP contribution in [0.1, 0.15) is 0 Å². The van der Waals surface area contributed by atoms with Crippen LogP contribution in [0.4, 0.5) is 4.39 Å². The van der Waals surface area contributed by atoms with Gasteiger partial charge in [0.2, 0.25) is 12.4 Å². The van der Waals surface area contributed by atoms with E-state index in [2.05, 4.69) is 58.4 Å². The summed E-state index contributed by atoms with van der Waals surface area (Å²) in [5.74, 6) is -6.43. The molecule has 0 aliphatic carbocycles. The van der Waals surface area contributed by atoms with E-state index in [9.17, 15) is 4.39 Å². The summed E-state index contributed by atoms with van der Waals surface area (Å²) in [7, 11) is 66.1. The lowest BCUT2D eigenvalue weighted by Gasteiger charge is -2.36. The first-order chi connectivity index (χ1) is 16.2. The Morgan fingerprint density at radius 2 is 0.886 bits per heavy atom. The van der Waals surface area contributed by atoms with Gasteiger partial charge in [0.25, 0.3) is 0 Å². The molecular weight excluding hydrogens is 435 g/mol. The third-order valence-electron chi connectivity index (χ3n) is 3.31. The molecule has 0 saturated carbocycles. The van der Waals surface area contributed by atoms with Crippen molar-refractivity contribution < 1.29 is 4.39 Å². The van der Waals surface area contributed by atoms with Crippen molar-refractivity contribution in [3.8, 4) is 0 Å². The van der Waals surface area contributed by atoms with Crippen LogP contribution in [-0.2, 0) is 0 Å². The lowest BCUT2D eigenvalue weighted by atomic mass is 9.77. The summed E-state index contributed by atoms with van der Waals surface area (Å²) in [6.07, 6.45) is -5.08. The molecule has 0 fully saturated rings. The second-order valence-electron chi connectivity index (χ2n) is 6.84. The van der Waals surface area contributed by atoms with E-state index in [4.69, 9.17) is 94.2 Å². The number of nitrogens with one attached hydrogen (secondary N) is 10. The van der Waals surface area contributed by atoms with Gasteiger partial charge in [-0.1, -0.05) is 23.4 Å². The predicted octanol–water partition coefficient (Wildman–Crippen LogP) is -10.0. The number of rotatable bonds is 18. The van der Waals surface area contributed by atoms with Gasteiger partial charge in [0.1, 0.15) is 18.9 Å². The zero-order valence-corrected chi connectivity index (χ0v) is 19.0. The van der Waals surface area contributed by atoms with Gasteiger partial charge in [0.15, 0.2) is 0 Å². The summed E-state index contributed by atoms with van der Waals surface area (Å²) in [4.78, 5) is 3.75. The molecule has 1 atom stereocenters. The molecule has 24 heteroatoms. The molecule has 0 aliphatic heterocycles. The van der Waals surface area contributed by atoms with Crippen LogP contribution < -0.4 is 53.4 Å². The summed E-state index contributed by atoms with van der Waals surface area (Å²) in [6.45, 7) is 0. The Kier molecular flexibility index (Phi) is 18.7. The largest absolute Gasteiger partial charge is 0.370 e. The Balaban J connectivity index is 5.50. The van der Waals surface area contributed by atoms with E-state index in [1.54, 1.807) is 0 Å². The van der Waals surface area contributed by atoms with E-state index >= 15 is 0 Å². The molecule has 0 amide bonds. The minimum absolute atomic E-state index is 0.147. The van der Waals surface area contributed by atoms with Crippen molar-refractivity contribution in [3.05, 3.63) is 0 Å². The molecule has 0 heterocycles. The van der Waals surface area contributed by atoms with E-state index in [-0.39, 0.29) is 5.96 Å². The Morgan fingerprint density at radius 3 is 1.20 bits per heavy atom. The summed E-state index contributed by atoms with van der Waals surface area (Å²) >= 11 is 0. The second kappa shape index (κ2) is 18.8. The van der Waals surface area contributed by atoms with Crippen molar-refractivity contribution in [2.75, 3.05) is 0 Å². The standard InChI is InChI=1S/C11H20B12FN11/c12-1(13)25-8(26-2(14)15)32-10(33-9(27-3(16)17)28-4(18)19)31-7(24)34-35-11(29-5(20)21)30-6(22)23/h1-10,25-28,31-34H,(H2,29,30,35). The maximum atomic E-state index is 14.8. The maximum absolute atomic E-state index is 14.8. The zero-order valence-electron chi connectivity index (χ0n) is 19.0. The molecular formula is C11H20B12FN11. The summed E-state index contributed by atoms with van der Waals surface area (Å²) < 4.78 is 14.8. The summed E-state index contributed by atoms with van der Waals surface area (Å²) in [5, 5.41) is 21.3. The molecule has 162 valence electrons. The third-order valence-corrected chi connectivity index (χ3v) is 3.31. The fourth-order valence-corrected chi connectivity index (χ4v) is 2.27. The zero-order chi connectivity index (χ0) is 27.1. The van der Waals surface area contributed by atoms with Gasteiger partial charge >= 0.3 is 0 Å². The van der Waals surface area contributed by atoms with Gasteiger partial charge in [0.05, 0.1) is 94.2 Å². The number of nitrogens with zero attached hydrogens (tertiary/aromatic N) is 1. The average molecular weight is 455 g/mol. The number of hydrogen-bond acceptors (Lipinski definition) is 9. The van der Waals surface area contributed by atoms with Crippen LogP contribution in [0.5, 0.6) is 0 Å². The van der Waals surface area contributed by atoms with E-state index in [1.165, 1.54) is 0 Å². The van der Waals surface area contributed by atoms with Crippen LogP contribution in [0.25, 0.3) is 0 Å². The maximum Gasteiger partial charge on any atom is 0.223 e. The van der Waals surface area contributed by atoms with E-state index < -0.39 is 60.3 Å². The third kappa shape index (κ3) is 20.4. The highest BCUT2D eigenvalue weighted by Crippen LogP contribution is 1.89. The Morgan fingerprint density at radius 1 is 0.514 bits per heavy atom. The molecule has 11 nitrogen and oxygen atoms in total. The minimum Gasteiger partial charge on any atom is -0.370 e. The first-order valence-corrected chi connectivity index (χ1v) is 10.1. The van der Waals surface area contributed by atoms with E-state index in [0.717, 1.165) is 0 Å². The monoisotopic (exact) mass is 457 g/mol. The molecule has 10 N–H and O–H groups in total. The highest BCUT2D eigenvalue weighted by atomic mass is 19.1. The molecule has 0 rings (SSSR count). The lowest BCUT2D eigenvalue weighted by molar-refractivity contribution is 0.131. The fraction of sp³-hybridized carbons (Fsp3) is 0.909. The molecule has 0 spiro atoms. The van der Waals surface area contributed by atoms with Gasteiger partial charge in [-0.15, -0.1) is 0 Å². The second-order valence-corrected chi connectivity index (χ2v) is 6.84. The lowest BCUT2D eigenvalue weighted by Crippen LogP contribution is -2.73. The van der Waals surface area contributed by atoms with Gasteiger partial charge in [0, 0.05) is 0 Å². The SMILES string of the molecule is [B]C([B])N=C(NNC(F)NC(NC(NC([B])[B])NC([B])[B])NC(NC([B])[B])NC([B])[B])NC([B])[B]. The van der Waals surface area contributed by atoms with Crippen LogP contribution >= 0.6 is 0 Å². The molecule has 0 aromatic carbocycles. The van der Waals surface area contributed by atoms with Gasteiger partial charge in [-0.05, 0) is 11.7 Å². The summed E-state index contributed by atoms with van der Waals surface area (Å²) in [6, 6.07) is 0.